The molecule has 1 amide bonds. The maximum absolute atomic E-state index is 12.6. The van der Waals surface area contributed by atoms with E-state index in [1.165, 1.54) is 24.5 Å². The number of thiophene rings is 1. The third kappa shape index (κ3) is 5.36. The summed E-state index contributed by atoms with van der Waals surface area (Å²) in [5.41, 5.74) is 2.77. The molecular weight excluding hydrogens is 426 g/mol. The summed E-state index contributed by atoms with van der Waals surface area (Å²) >= 11 is 1.33. The second-order valence-corrected chi connectivity index (χ2v) is 8.01. The molecule has 1 heterocycles. The summed E-state index contributed by atoms with van der Waals surface area (Å²) in [5, 5.41) is 3.27. The van der Waals surface area contributed by atoms with Gasteiger partial charge in [0.2, 0.25) is 5.91 Å². The van der Waals surface area contributed by atoms with Gasteiger partial charge in [0.05, 0.1) is 20.8 Å². The summed E-state index contributed by atoms with van der Waals surface area (Å²) < 4.78 is 15.6. The summed E-state index contributed by atoms with van der Waals surface area (Å²) in [6.07, 6.45) is 3.12. The van der Waals surface area contributed by atoms with E-state index in [4.69, 9.17) is 14.2 Å². The number of carbonyl (C=O) groups is 2. The number of esters is 1. The average Bonchev–Trinajstić information content (AvgIpc) is 3.13. The maximum atomic E-state index is 12.6. The van der Waals surface area contributed by atoms with Crippen LogP contribution in [0.1, 0.15) is 27.7 Å². The third-order valence-electron chi connectivity index (χ3n) is 4.71. The topological polar surface area (TPSA) is 73.9 Å². The fraction of sp³-hybridized carbons (Fsp3) is 0.200. The predicted molar refractivity (Wildman–Crippen MR) is 128 cm³/mol. The molecule has 0 bridgehead atoms. The van der Waals surface area contributed by atoms with E-state index in [1.54, 1.807) is 13.2 Å². The van der Waals surface area contributed by atoms with Crippen molar-refractivity contribution in [2.75, 3.05) is 26.1 Å². The van der Waals surface area contributed by atoms with Crippen molar-refractivity contribution in [1.82, 2.24) is 0 Å². The van der Waals surface area contributed by atoms with Crippen molar-refractivity contribution in [3.05, 3.63) is 70.6 Å². The number of benzene rings is 2. The predicted octanol–water partition coefficient (Wildman–Crippen LogP) is 5.57. The van der Waals surface area contributed by atoms with Crippen LogP contribution < -0.4 is 14.8 Å². The molecule has 0 saturated heterocycles. The van der Waals surface area contributed by atoms with Gasteiger partial charge in [-0.3, -0.25) is 4.79 Å². The number of anilines is 1. The molecule has 0 aliphatic rings. The number of methoxy groups -OCH3 is 2. The van der Waals surface area contributed by atoms with Crippen LogP contribution in [-0.4, -0.2) is 32.7 Å². The van der Waals surface area contributed by atoms with Gasteiger partial charge in [-0.2, -0.15) is 0 Å². The van der Waals surface area contributed by atoms with E-state index < -0.39 is 5.97 Å². The van der Waals surface area contributed by atoms with Crippen LogP contribution in [0.2, 0.25) is 0 Å². The Balaban J connectivity index is 1.87. The molecule has 7 heteroatoms. The molecule has 0 fully saturated rings. The molecule has 0 saturated carbocycles. The molecule has 32 heavy (non-hydrogen) atoms. The Hall–Kier alpha value is -3.58. The maximum Gasteiger partial charge on any atom is 0.341 e. The van der Waals surface area contributed by atoms with Crippen LogP contribution in [0.25, 0.3) is 17.2 Å². The fourth-order valence-electron chi connectivity index (χ4n) is 3.20. The van der Waals surface area contributed by atoms with E-state index in [9.17, 15) is 9.59 Å². The number of amides is 1. The van der Waals surface area contributed by atoms with Crippen LogP contribution in [0, 0.1) is 6.92 Å². The summed E-state index contributed by atoms with van der Waals surface area (Å²) in [4.78, 5) is 26.1. The number of aryl methyl sites for hydroxylation is 1. The van der Waals surface area contributed by atoms with Gasteiger partial charge in [-0.25, -0.2) is 4.79 Å². The highest BCUT2D eigenvalue weighted by Gasteiger charge is 2.24. The molecule has 0 aliphatic heterocycles. The smallest absolute Gasteiger partial charge is 0.341 e. The summed E-state index contributed by atoms with van der Waals surface area (Å²) in [7, 11) is 2.92. The van der Waals surface area contributed by atoms with Crippen molar-refractivity contribution < 1.29 is 23.8 Å². The average molecular weight is 452 g/mol. The molecule has 0 spiro atoms. The summed E-state index contributed by atoms with van der Waals surface area (Å²) in [5.74, 6) is 0.643. The van der Waals surface area contributed by atoms with Crippen molar-refractivity contribution in [2.45, 2.75) is 13.8 Å². The van der Waals surface area contributed by atoms with E-state index >= 15 is 0 Å². The van der Waals surface area contributed by atoms with Gasteiger partial charge in [-0.15, -0.1) is 11.3 Å². The third-order valence-corrected chi connectivity index (χ3v) is 5.73. The first-order chi connectivity index (χ1) is 15.5. The minimum absolute atomic E-state index is 0.338. The van der Waals surface area contributed by atoms with Gasteiger partial charge < -0.3 is 19.5 Å². The molecule has 0 atom stereocenters. The zero-order chi connectivity index (χ0) is 23.1. The normalized spacial score (nSPS) is 10.8. The molecule has 0 aliphatic carbocycles. The highest BCUT2D eigenvalue weighted by Crippen LogP contribution is 2.40. The Morgan fingerprint density at radius 1 is 1.00 bits per heavy atom. The molecule has 1 aromatic heterocycles. The van der Waals surface area contributed by atoms with E-state index in [-0.39, 0.29) is 5.91 Å². The lowest BCUT2D eigenvalue weighted by Gasteiger charge is -2.08. The van der Waals surface area contributed by atoms with Crippen LogP contribution in [0.15, 0.2) is 54.6 Å². The SMILES string of the molecule is CCOc1ccc(-c2c(C)sc(NC(=O)C=Cc3ccc(OC)cc3)c2C(=O)OC)cc1. The Bertz CT molecular complexity index is 1110. The van der Waals surface area contributed by atoms with Crippen LogP contribution in [-0.2, 0) is 9.53 Å². The summed E-state index contributed by atoms with van der Waals surface area (Å²) in [6.45, 7) is 4.40. The first-order valence-corrected chi connectivity index (χ1v) is 10.9. The van der Waals surface area contributed by atoms with Gasteiger partial charge in [0.25, 0.3) is 0 Å². The van der Waals surface area contributed by atoms with E-state index in [0.717, 1.165) is 33.1 Å². The van der Waals surface area contributed by atoms with Crippen molar-refractivity contribution in [2.24, 2.45) is 0 Å². The second-order valence-electron chi connectivity index (χ2n) is 6.78. The molecule has 0 unspecified atom stereocenters. The molecular formula is C25H25NO5S. The first-order valence-electron chi connectivity index (χ1n) is 10.0. The Morgan fingerprint density at radius 3 is 2.25 bits per heavy atom. The highest BCUT2D eigenvalue weighted by molar-refractivity contribution is 7.17. The molecule has 3 rings (SSSR count). The standard InChI is InChI=1S/C25H25NO5S/c1-5-31-20-13-9-18(10-14-20)22-16(2)32-24(23(22)25(28)30-4)26-21(27)15-8-17-6-11-19(29-3)12-7-17/h6-15H,5H2,1-4H3,(H,26,27). The number of hydrogen-bond donors (Lipinski definition) is 1. The van der Waals surface area contributed by atoms with Crippen molar-refractivity contribution >= 4 is 34.3 Å². The van der Waals surface area contributed by atoms with E-state index in [2.05, 4.69) is 5.32 Å². The quantitative estimate of drug-likeness (QED) is 0.358. The van der Waals surface area contributed by atoms with Gasteiger partial charge in [0.15, 0.2) is 0 Å². The van der Waals surface area contributed by atoms with Gasteiger partial charge in [-0.05, 0) is 55.3 Å². The number of nitrogens with one attached hydrogen (secondary N) is 1. The lowest BCUT2D eigenvalue weighted by Crippen LogP contribution is -2.11. The van der Waals surface area contributed by atoms with Crippen LogP contribution in [0.4, 0.5) is 5.00 Å². The minimum Gasteiger partial charge on any atom is -0.497 e. The van der Waals surface area contributed by atoms with E-state index in [1.807, 2.05) is 62.4 Å². The van der Waals surface area contributed by atoms with Gasteiger partial charge in [-0.1, -0.05) is 24.3 Å². The number of ether oxygens (including phenoxy) is 3. The van der Waals surface area contributed by atoms with Crippen molar-refractivity contribution in [3.8, 4) is 22.6 Å². The zero-order valence-electron chi connectivity index (χ0n) is 18.4. The van der Waals surface area contributed by atoms with Crippen molar-refractivity contribution in [1.29, 1.82) is 0 Å². The number of carbonyl (C=O) groups excluding carboxylic acids is 2. The molecule has 0 radical (unpaired) electrons. The number of rotatable bonds is 8. The molecule has 1 N–H and O–H groups in total. The molecule has 166 valence electrons. The lowest BCUT2D eigenvalue weighted by molar-refractivity contribution is -0.111. The minimum atomic E-state index is -0.507. The Morgan fingerprint density at radius 2 is 1.66 bits per heavy atom. The van der Waals surface area contributed by atoms with Gasteiger partial charge >= 0.3 is 5.97 Å². The van der Waals surface area contributed by atoms with Crippen LogP contribution in [0.5, 0.6) is 11.5 Å². The zero-order valence-corrected chi connectivity index (χ0v) is 19.2. The molecule has 6 nitrogen and oxygen atoms in total. The summed E-state index contributed by atoms with van der Waals surface area (Å²) in [6, 6.07) is 14.8. The second kappa shape index (κ2) is 10.6. The monoisotopic (exact) mass is 451 g/mol. The van der Waals surface area contributed by atoms with Gasteiger partial charge in [0, 0.05) is 16.5 Å². The van der Waals surface area contributed by atoms with Crippen molar-refractivity contribution in [3.63, 3.8) is 0 Å². The van der Waals surface area contributed by atoms with Gasteiger partial charge in [0.1, 0.15) is 22.1 Å². The van der Waals surface area contributed by atoms with Crippen LogP contribution >= 0.6 is 11.3 Å². The number of hydrogen-bond acceptors (Lipinski definition) is 6. The largest absolute Gasteiger partial charge is 0.497 e. The Labute approximate surface area is 191 Å². The molecule has 2 aromatic carbocycles. The highest BCUT2D eigenvalue weighted by atomic mass is 32.1. The Kier molecular flexibility index (Phi) is 7.68. The first kappa shape index (κ1) is 23.1. The molecule has 3 aromatic rings. The fourth-order valence-corrected chi connectivity index (χ4v) is 4.27. The van der Waals surface area contributed by atoms with Crippen LogP contribution in [0.3, 0.4) is 0 Å². The lowest BCUT2D eigenvalue weighted by atomic mass is 10.0. The van der Waals surface area contributed by atoms with E-state index in [0.29, 0.717) is 17.2 Å².